The summed E-state index contributed by atoms with van der Waals surface area (Å²) in [6, 6.07) is 11.9. The van der Waals surface area contributed by atoms with Crippen LogP contribution in [-0.4, -0.2) is 24.0 Å². The summed E-state index contributed by atoms with van der Waals surface area (Å²) in [5.74, 6) is -0.985. The number of hydrogen-bond acceptors (Lipinski definition) is 4. The normalized spacial score (nSPS) is 10.0. The monoisotopic (exact) mass is 314 g/mol. The number of anilines is 1. The lowest BCUT2D eigenvalue weighted by molar-refractivity contribution is -0.136. The van der Waals surface area contributed by atoms with Gasteiger partial charge < -0.3 is 20.5 Å². The Morgan fingerprint density at radius 2 is 1.78 bits per heavy atom. The van der Waals surface area contributed by atoms with Crippen LogP contribution in [0.15, 0.2) is 42.5 Å². The summed E-state index contributed by atoms with van der Waals surface area (Å²) < 4.78 is 5.05. The van der Waals surface area contributed by atoms with Crippen molar-refractivity contribution in [2.45, 2.75) is 13.5 Å². The maximum Gasteiger partial charge on any atom is 0.313 e. The Morgan fingerprint density at radius 1 is 1.09 bits per heavy atom. The van der Waals surface area contributed by atoms with E-state index in [-0.39, 0.29) is 18.0 Å². The maximum absolute atomic E-state index is 11.8. The number of benzene rings is 2. The molecule has 2 rings (SSSR count). The van der Waals surface area contributed by atoms with Crippen molar-refractivity contribution < 1.29 is 19.4 Å². The molecule has 0 atom stereocenters. The van der Waals surface area contributed by atoms with Crippen molar-refractivity contribution in [1.82, 2.24) is 5.32 Å². The highest BCUT2D eigenvalue weighted by atomic mass is 16.5. The number of aryl methyl sites for hydroxylation is 1. The minimum Gasteiger partial charge on any atom is -0.506 e. The summed E-state index contributed by atoms with van der Waals surface area (Å²) in [6.45, 7) is 2.04. The van der Waals surface area contributed by atoms with E-state index < -0.39 is 11.8 Å². The quantitative estimate of drug-likeness (QED) is 0.595. The minimum atomic E-state index is -0.834. The van der Waals surface area contributed by atoms with Gasteiger partial charge in [-0.15, -0.1) is 0 Å². The second-order valence-electron chi connectivity index (χ2n) is 5.01. The van der Waals surface area contributed by atoms with Gasteiger partial charge in [0, 0.05) is 6.54 Å². The van der Waals surface area contributed by atoms with Crippen molar-refractivity contribution in [3.63, 3.8) is 0 Å². The van der Waals surface area contributed by atoms with Gasteiger partial charge in [-0.05, 0) is 42.3 Å². The SMILES string of the molecule is COc1ccc(CNC(=O)C(=O)Nc2cc(C)ccc2O)cc1. The average molecular weight is 314 g/mol. The summed E-state index contributed by atoms with van der Waals surface area (Å²) in [5, 5.41) is 14.6. The van der Waals surface area contributed by atoms with Crippen molar-refractivity contribution in [1.29, 1.82) is 0 Å². The van der Waals surface area contributed by atoms with E-state index in [0.29, 0.717) is 5.75 Å². The van der Waals surface area contributed by atoms with Crippen LogP contribution in [0.1, 0.15) is 11.1 Å². The van der Waals surface area contributed by atoms with E-state index in [0.717, 1.165) is 11.1 Å². The number of ether oxygens (including phenoxy) is 1. The number of phenolic OH excluding ortho intramolecular Hbond substituents is 1. The van der Waals surface area contributed by atoms with Gasteiger partial charge in [-0.2, -0.15) is 0 Å². The zero-order chi connectivity index (χ0) is 16.8. The second kappa shape index (κ2) is 7.31. The number of methoxy groups -OCH3 is 1. The van der Waals surface area contributed by atoms with Gasteiger partial charge in [0.15, 0.2) is 0 Å². The lowest BCUT2D eigenvalue weighted by atomic mass is 10.2. The third-order valence-corrected chi connectivity index (χ3v) is 3.22. The number of nitrogens with one attached hydrogen (secondary N) is 2. The first kappa shape index (κ1) is 16.4. The molecule has 0 spiro atoms. The molecule has 2 aromatic rings. The fraction of sp³-hybridized carbons (Fsp3) is 0.176. The third kappa shape index (κ3) is 4.47. The van der Waals surface area contributed by atoms with Gasteiger partial charge in [-0.1, -0.05) is 18.2 Å². The van der Waals surface area contributed by atoms with E-state index >= 15 is 0 Å². The Morgan fingerprint density at radius 3 is 2.43 bits per heavy atom. The topological polar surface area (TPSA) is 87.7 Å². The second-order valence-corrected chi connectivity index (χ2v) is 5.01. The lowest BCUT2D eigenvalue weighted by Gasteiger charge is -2.09. The standard InChI is InChI=1S/C17H18N2O4/c1-11-3-8-15(20)14(9-11)19-17(22)16(21)18-10-12-4-6-13(23-2)7-5-12/h3-9,20H,10H2,1-2H3,(H,18,21)(H,19,22). The molecule has 23 heavy (non-hydrogen) atoms. The number of hydrogen-bond donors (Lipinski definition) is 3. The fourth-order valence-electron chi connectivity index (χ4n) is 1.94. The summed E-state index contributed by atoms with van der Waals surface area (Å²) in [6.07, 6.45) is 0. The number of rotatable bonds is 4. The van der Waals surface area contributed by atoms with E-state index in [9.17, 15) is 14.7 Å². The predicted molar refractivity (Wildman–Crippen MR) is 86.3 cm³/mol. The molecule has 0 heterocycles. The Hall–Kier alpha value is -3.02. The third-order valence-electron chi connectivity index (χ3n) is 3.22. The predicted octanol–water partition coefficient (Wildman–Crippen LogP) is 1.96. The van der Waals surface area contributed by atoms with Gasteiger partial charge in [-0.3, -0.25) is 9.59 Å². The Labute approximate surface area is 134 Å². The molecular formula is C17H18N2O4. The van der Waals surface area contributed by atoms with Gasteiger partial charge in [-0.25, -0.2) is 0 Å². The van der Waals surface area contributed by atoms with Crippen molar-refractivity contribution >= 4 is 17.5 Å². The summed E-state index contributed by atoms with van der Waals surface area (Å²) >= 11 is 0. The zero-order valence-corrected chi connectivity index (χ0v) is 12.9. The highest BCUT2D eigenvalue weighted by molar-refractivity contribution is 6.39. The minimum absolute atomic E-state index is 0.0908. The van der Waals surface area contributed by atoms with Crippen LogP contribution < -0.4 is 15.4 Å². The molecule has 0 aliphatic carbocycles. The van der Waals surface area contributed by atoms with Crippen LogP contribution in [0.2, 0.25) is 0 Å². The molecule has 0 saturated carbocycles. The van der Waals surface area contributed by atoms with Crippen LogP contribution in [-0.2, 0) is 16.1 Å². The molecule has 3 N–H and O–H groups in total. The van der Waals surface area contributed by atoms with E-state index in [2.05, 4.69) is 10.6 Å². The van der Waals surface area contributed by atoms with Crippen LogP contribution in [0, 0.1) is 6.92 Å². The highest BCUT2D eigenvalue weighted by Crippen LogP contribution is 2.23. The van der Waals surface area contributed by atoms with Gasteiger partial charge in [0.25, 0.3) is 0 Å². The van der Waals surface area contributed by atoms with Crippen molar-refractivity contribution in [2.75, 3.05) is 12.4 Å². The van der Waals surface area contributed by atoms with E-state index in [1.54, 1.807) is 43.5 Å². The molecule has 2 aromatic carbocycles. The molecule has 6 heteroatoms. The van der Waals surface area contributed by atoms with Crippen molar-refractivity contribution in [3.05, 3.63) is 53.6 Å². The molecule has 0 fully saturated rings. The molecule has 0 aliphatic rings. The van der Waals surface area contributed by atoms with Crippen LogP contribution in [0.5, 0.6) is 11.5 Å². The Balaban J connectivity index is 1.92. The zero-order valence-electron chi connectivity index (χ0n) is 12.9. The first-order valence-electron chi connectivity index (χ1n) is 7.01. The van der Waals surface area contributed by atoms with Gasteiger partial charge in [0.1, 0.15) is 11.5 Å². The first-order chi connectivity index (χ1) is 11.0. The molecule has 6 nitrogen and oxygen atoms in total. The van der Waals surface area contributed by atoms with Gasteiger partial charge in [0.05, 0.1) is 12.8 Å². The van der Waals surface area contributed by atoms with E-state index in [4.69, 9.17) is 4.74 Å². The van der Waals surface area contributed by atoms with Gasteiger partial charge in [0.2, 0.25) is 0 Å². The maximum atomic E-state index is 11.8. The smallest absolute Gasteiger partial charge is 0.313 e. The van der Waals surface area contributed by atoms with Crippen molar-refractivity contribution in [2.24, 2.45) is 0 Å². The number of phenols is 1. The van der Waals surface area contributed by atoms with Crippen LogP contribution >= 0.6 is 0 Å². The molecule has 0 aromatic heterocycles. The largest absolute Gasteiger partial charge is 0.506 e. The number of aromatic hydroxyl groups is 1. The molecule has 2 amide bonds. The van der Waals surface area contributed by atoms with Crippen LogP contribution in [0.3, 0.4) is 0 Å². The average Bonchev–Trinajstić information content (AvgIpc) is 2.56. The summed E-state index contributed by atoms with van der Waals surface area (Å²) in [7, 11) is 1.57. The summed E-state index contributed by atoms with van der Waals surface area (Å²) in [5.41, 5.74) is 1.90. The number of carbonyl (C=O) groups is 2. The molecule has 0 bridgehead atoms. The highest BCUT2D eigenvalue weighted by Gasteiger charge is 2.15. The molecular weight excluding hydrogens is 296 g/mol. The summed E-state index contributed by atoms with van der Waals surface area (Å²) in [4.78, 5) is 23.7. The molecule has 0 radical (unpaired) electrons. The molecule has 0 aliphatic heterocycles. The van der Waals surface area contributed by atoms with Crippen LogP contribution in [0.25, 0.3) is 0 Å². The van der Waals surface area contributed by atoms with Crippen LogP contribution in [0.4, 0.5) is 5.69 Å². The van der Waals surface area contributed by atoms with Gasteiger partial charge >= 0.3 is 11.8 Å². The fourth-order valence-corrected chi connectivity index (χ4v) is 1.94. The van der Waals surface area contributed by atoms with Crippen molar-refractivity contribution in [3.8, 4) is 11.5 Å². The molecule has 120 valence electrons. The first-order valence-corrected chi connectivity index (χ1v) is 7.01. The Kier molecular flexibility index (Phi) is 5.19. The van der Waals surface area contributed by atoms with E-state index in [1.807, 2.05) is 6.92 Å². The lowest BCUT2D eigenvalue weighted by Crippen LogP contribution is -2.34. The number of carbonyl (C=O) groups excluding carboxylic acids is 2. The molecule has 0 saturated heterocycles. The number of amides is 2. The molecule has 0 unspecified atom stereocenters. The Bertz CT molecular complexity index is 711. The van der Waals surface area contributed by atoms with E-state index in [1.165, 1.54) is 6.07 Å².